The molecule has 0 radical (unpaired) electrons. The normalized spacial score (nSPS) is 15.8. The highest BCUT2D eigenvalue weighted by atomic mass is 16.5. The molecule has 0 heterocycles. The summed E-state index contributed by atoms with van der Waals surface area (Å²) in [6, 6.07) is 5.35. The highest BCUT2D eigenvalue weighted by molar-refractivity contribution is 5.46. The number of phenolic OH excluding ortho intramolecular Hbond substituents is 1. The number of benzene rings is 1. The molecule has 0 aliphatic rings. The Morgan fingerprint density at radius 3 is 2.42 bits per heavy atom. The van der Waals surface area contributed by atoms with Gasteiger partial charge in [-0.25, -0.2) is 0 Å². The van der Waals surface area contributed by atoms with Crippen LogP contribution in [0, 0.1) is 0 Å². The summed E-state index contributed by atoms with van der Waals surface area (Å²) in [7, 11) is 0. The van der Waals surface area contributed by atoms with Gasteiger partial charge in [-0.15, -0.1) is 0 Å². The smallest absolute Gasteiger partial charge is 0.161 e. The second-order valence-corrected chi connectivity index (χ2v) is 4.81. The molecule has 108 valence electrons. The number of para-hydroxylation sites is 1. The van der Waals surface area contributed by atoms with Crippen LogP contribution >= 0.6 is 0 Å². The van der Waals surface area contributed by atoms with Crippen LogP contribution in [0.5, 0.6) is 11.5 Å². The molecule has 0 aliphatic heterocycles. The summed E-state index contributed by atoms with van der Waals surface area (Å²) in [5.74, 6) is 0.518. The SMILES string of the molecule is CCOc1cccc(C(C)CC(O)C(O)CC)c1O. The van der Waals surface area contributed by atoms with Crippen LogP contribution < -0.4 is 4.74 Å². The van der Waals surface area contributed by atoms with E-state index in [9.17, 15) is 15.3 Å². The molecule has 3 N–H and O–H groups in total. The molecule has 0 spiro atoms. The Kier molecular flexibility index (Phi) is 6.12. The largest absolute Gasteiger partial charge is 0.504 e. The van der Waals surface area contributed by atoms with Crippen molar-refractivity contribution in [3.63, 3.8) is 0 Å². The van der Waals surface area contributed by atoms with E-state index in [2.05, 4.69) is 0 Å². The molecule has 0 fully saturated rings. The zero-order valence-electron chi connectivity index (χ0n) is 11.8. The molecule has 1 aromatic carbocycles. The van der Waals surface area contributed by atoms with Crippen molar-refractivity contribution in [1.29, 1.82) is 0 Å². The first-order valence-electron chi connectivity index (χ1n) is 6.82. The number of aliphatic hydroxyl groups excluding tert-OH is 2. The topological polar surface area (TPSA) is 69.9 Å². The Morgan fingerprint density at radius 2 is 1.84 bits per heavy atom. The van der Waals surface area contributed by atoms with Crippen LogP contribution in [-0.2, 0) is 0 Å². The molecule has 0 saturated heterocycles. The second-order valence-electron chi connectivity index (χ2n) is 4.81. The van der Waals surface area contributed by atoms with Crippen molar-refractivity contribution in [2.24, 2.45) is 0 Å². The molecular weight excluding hydrogens is 244 g/mol. The first kappa shape index (κ1) is 15.8. The predicted molar refractivity (Wildman–Crippen MR) is 74.6 cm³/mol. The third-order valence-corrected chi connectivity index (χ3v) is 3.32. The molecule has 4 heteroatoms. The Labute approximate surface area is 114 Å². The number of rotatable bonds is 7. The van der Waals surface area contributed by atoms with Gasteiger partial charge < -0.3 is 20.1 Å². The minimum absolute atomic E-state index is 0.0587. The molecular formula is C15H24O4. The van der Waals surface area contributed by atoms with Gasteiger partial charge in [-0.2, -0.15) is 0 Å². The summed E-state index contributed by atoms with van der Waals surface area (Å²) in [5, 5.41) is 29.6. The molecule has 3 atom stereocenters. The lowest BCUT2D eigenvalue weighted by molar-refractivity contribution is 0.00942. The van der Waals surface area contributed by atoms with E-state index in [-0.39, 0.29) is 11.7 Å². The van der Waals surface area contributed by atoms with Gasteiger partial charge in [0.15, 0.2) is 11.5 Å². The second kappa shape index (κ2) is 7.36. The molecule has 0 bridgehead atoms. The fourth-order valence-corrected chi connectivity index (χ4v) is 2.13. The van der Waals surface area contributed by atoms with Crippen LogP contribution in [0.25, 0.3) is 0 Å². The zero-order valence-corrected chi connectivity index (χ0v) is 11.8. The molecule has 3 unspecified atom stereocenters. The average Bonchev–Trinajstić information content (AvgIpc) is 2.40. The Hall–Kier alpha value is -1.26. The highest BCUT2D eigenvalue weighted by Gasteiger charge is 2.21. The zero-order chi connectivity index (χ0) is 14.4. The third-order valence-electron chi connectivity index (χ3n) is 3.32. The lowest BCUT2D eigenvalue weighted by Gasteiger charge is -2.21. The summed E-state index contributed by atoms with van der Waals surface area (Å²) in [6.07, 6.45) is -0.591. The predicted octanol–water partition coefficient (Wildman–Crippen LogP) is 2.42. The van der Waals surface area contributed by atoms with Gasteiger partial charge in [0.1, 0.15) is 0 Å². The molecule has 19 heavy (non-hydrogen) atoms. The van der Waals surface area contributed by atoms with Crippen LogP contribution in [0.15, 0.2) is 18.2 Å². The standard InChI is InChI=1S/C15H24O4/c1-4-12(16)13(17)9-10(3)11-7-6-8-14(15(11)18)19-5-2/h6-8,10,12-13,16-18H,4-5,9H2,1-3H3. The van der Waals surface area contributed by atoms with Crippen molar-refractivity contribution in [1.82, 2.24) is 0 Å². The van der Waals surface area contributed by atoms with E-state index in [0.717, 1.165) is 5.56 Å². The van der Waals surface area contributed by atoms with Crippen molar-refractivity contribution < 1.29 is 20.1 Å². The van der Waals surface area contributed by atoms with Crippen molar-refractivity contribution in [3.8, 4) is 11.5 Å². The summed E-state index contributed by atoms with van der Waals surface area (Å²) < 4.78 is 5.34. The lowest BCUT2D eigenvalue weighted by Crippen LogP contribution is -2.26. The van der Waals surface area contributed by atoms with Crippen LogP contribution in [0.2, 0.25) is 0 Å². The van der Waals surface area contributed by atoms with E-state index in [0.29, 0.717) is 25.2 Å². The van der Waals surface area contributed by atoms with Crippen molar-refractivity contribution in [2.75, 3.05) is 6.61 Å². The lowest BCUT2D eigenvalue weighted by atomic mass is 9.91. The molecule has 4 nitrogen and oxygen atoms in total. The van der Waals surface area contributed by atoms with Crippen LogP contribution in [-0.4, -0.2) is 34.1 Å². The van der Waals surface area contributed by atoms with Gasteiger partial charge in [0, 0.05) is 5.56 Å². The maximum atomic E-state index is 10.1. The number of hydrogen-bond donors (Lipinski definition) is 3. The van der Waals surface area contributed by atoms with Gasteiger partial charge >= 0.3 is 0 Å². The highest BCUT2D eigenvalue weighted by Crippen LogP contribution is 2.36. The van der Waals surface area contributed by atoms with E-state index >= 15 is 0 Å². The Bertz CT molecular complexity index is 392. The quantitative estimate of drug-likeness (QED) is 0.710. The van der Waals surface area contributed by atoms with E-state index in [1.54, 1.807) is 6.07 Å². The molecule has 1 rings (SSSR count). The van der Waals surface area contributed by atoms with Gasteiger partial charge in [-0.1, -0.05) is 26.0 Å². The number of aromatic hydroxyl groups is 1. The van der Waals surface area contributed by atoms with Crippen molar-refractivity contribution in [2.45, 2.75) is 51.7 Å². The van der Waals surface area contributed by atoms with Gasteiger partial charge in [-0.05, 0) is 31.7 Å². The maximum Gasteiger partial charge on any atom is 0.161 e. The van der Waals surface area contributed by atoms with Gasteiger partial charge in [-0.3, -0.25) is 0 Å². The first-order chi connectivity index (χ1) is 9.01. The molecule has 0 saturated carbocycles. The number of hydrogen-bond acceptors (Lipinski definition) is 4. The van der Waals surface area contributed by atoms with Crippen molar-refractivity contribution >= 4 is 0 Å². The summed E-state index contributed by atoms with van der Waals surface area (Å²) in [4.78, 5) is 0. The van der Waals surface area contributed by atoms with Gasteiger partial charge in [0.2, 0.25) is 0 Å². The van der Waals surface area contributed by atoms with E-state index in [1.165, 1.54) is 0 Å². The van der Waals surface area contributed by atoms with Crippen molar-refractivity contribution in [3.05, 3.63) is 23.8 Å². The molecule has 0 aromatic heterocycles. The summed E-state index contributed by atoms with van der Waals surface area (Å²) in [6.45, 7) is 6.08. The van der Waals surface area contributed by atoms with E-state index < -0.39 is 12.2 Å². The average molecular weight is 268 g/mol. The number of phenols is 1. The maximum absolute atomic E-state index is 10.1. The Morgan fingerprint density at radius 1 is 1.16 bits per heavy atom. The van der Waals surface area contributed by atoms with E-state index in [1.807, 2.05) is 32.9 Å². The molecule has 0 amide bonds. The monoisotopic (exact) mass is 268 g/mol. The minimum atomic E-state index is -0.782. The number of ether oxygens (including phenoxy) is 1. The van der Waals surface area contributed by atoms with E-state index in [4.69, 9.17) is 4.74 Å². The Balaban J connectivity index is 2.82. The number of aliphatic hydroxyl groups is 2. The molecule has 1 aromatic rings. The minimum Gasteiger partial charge on any atom is -0.504 e. The first-order valence-corrected chi connectivity index (χ1v) is 6.82. The van der Waals surface area contributed by atoms with Gasteiger partial charge in [0.05, 0.1) is 18.8 Å². The third kappa shape index (κ3) is 4.11. The summed E-state index contributed by atoms with van der Waals surface area (Å²) >= 11 is 0. The van der Waals surface area contributed by atoms with Gasteiger partial charge in [0.25, 0.3) is 0 Å². The van der Waals surface area contributed by atoms with Crippen LogP contribution in [0.3, 0.4) is 0 Å². The fraction of sp³-hybridized carbons (Fsp3) is 0.600. The van der Waals surface area contributed by atoms with Crippen LogP contribution in [0.1, 0.15) is 45.1 Å². The molecule has 0 aliphatic carbocycles. The fourth-order valence-electron chi connectivity index (χ4n) is 2.13. The summed E-state index contributed by atoms with van der Waals surface area (Å²) in [5.41, 5.74) is 0.730. The van der Waals surface area contributed by atoms with Crippen LogP contribution in [0.4, 0.5) is 0 Å².